The second-order valence-corrected chi connectivity index (χ2v) is 7.37. The van der Waals surface area contributed by atoms with E-state index in [2.05, 4.69) is 26.2 Å². The minimum Gasteiger partial charge on any atom is -0.497 e. The highest BCUT2D eigenvalue weighted by molar-refractivity contribution is 9.10. The Morgan fingerprint density at radius 1 is 1.27 bits per heavy atom. The number of halogens is 1. The van der Waals surface area contributed by atoms with Crippen LogP contribution in [-0.4, -0.2) is 17.6 Å². The van der Waals surface area contributed by atoms with Crippen LogP contribution in [-0.2, 0) is 18.3 Å². The van der Waals surface area contributed by atoms with Crippen LogP contribution in [0.1, 0.15) is 5.69 Å². The quantitative estimate of drug-likeness (QED) is 0.655. The number of amides is 1. The first-order valence-electron chi connectivity index (χ1n) is 7.93. The number of hydrogen-bond donors (Lipinski definition) is 1. The van der Waals surface area contributed by atoms with Gasteiger partial charge in [-0.25, -0.2) is 4.99 Å². The Hall–Kier alpha value is -2.38. The summed E-state index contributed by atoms with van der Waals surface area (Å²) in [6.45, 7) is 0. The van der Waals surface area contributed by atoms with E-state index in [0.717, 1.165) is 32.1 Å². The van der Waals surface area contributed by atoms with E-state index in [-0.39, 0.29) is 12.3 Å². The van der Waals surface area contributed by atoms with Gasteiger partial charge in [0.05, 0.1) is 19.2 Å². The Morgan fingerprint density at radius 2 is 2.04 bits per heavy atom. The highest BCUT2D eigenvalue weighted by atomic mass is 79.9. The summed E-state index contributed by atoms with van der Waals surface area (Å²) in [6, 6.07) is 15.1. The Bertz CT molecular complexity index is 977. The molecule has 134 valence electrons. The zero-order valence-corrected chi connectivity index (χ0v) is 16.8. The van der Waals surface area contributed by atoms with Gasteiger partial charge in [0.2, 0.25) is 5.91 Å². The van der Waals surface area contributed by atoms with Crippen molar-refractivity contribution >= 4 is 44.5 Å². The van der Waals surface area contributed by atoms with E-state index < -0.39 is 0 Å². The van der Waals surface area contributed by atoms with Gasteiger partial charge in [-0.3, -0.25) is 4.79 Å². The molecule has 1 N–H and O–H groups in total. The summed E-state index contributed by atoms with van der Waals surface area (Å²) in [7, 11) is 3.53. The predicted octanol–water partition coefficient (Wildman–Crippen LogP) is 4.27. The molecule has 0 spiro atoms. The standard InChI is InChI=1S/C19H18BrN3O2S/c1-23-16(11-18(24)21-14-6-8-17(25-2)9-7-14)12-26-19(23)22-15-5-3-4-13(20)10-15/h3-10,12H,11H2,1-2H3,(H,21,24). The van der Waals surface area contributed by atoms with Crippen LogP contribution in [0.2, 0.25) is 0 Å². The van der Waals surface area contributed by atoms with Gasteiger partial charge >= 0.3 is 0 Å². The number of carbonyl (C=O) groups excluding carboxylic acids is 1. The van der Waals surface area contributed by atoms with Gasteiger partial charge in [-0.05, 0) is 42.5 Å². The SMILES string of the molecule is COc1ccc(NC(=O)Cc2csc(=Nc3cccc(Br)c3)n2C)cc1. The first-order chi connectivity index (χ1) is 12.5. The number of nitrogens with one attached hydrogen (secondary N) is 1. The molecule has 5 nitrogen and oxygen atoms in total. The average molecular weight is 432 g/mol. The van der Waals surface area contributed by atoms with Crippen LogP contribution in [0, 0.1) is 0 Å². The molecule has 0 radical (unpaired) electrons. The number of aromatic nitrogens is 1. The van der Waals surface area contributed by atoms with Crippen LogP contribution >= 0.6 is 27.3 Å². The van der Waals surface area contributed by atoms with Gasteiger partial charge in [0, 0.05) is 28.3 Å². The monoisotopic (exact) mass is 431 g/mol. The molecule has 0 saturated heterocycles. The predicted molar refractivity (Wildman–Crippen MR) is 108 cm³/mol. The average Bonchev–Trinajstić information content (AvgIpc) is 2.96. The molecule has 3 aromatic rings. The summed E-state index contributed by atoms with van der Waals surface area (Å²) in [5.74, 6) is 0.684. The number of anilines is 1. The van der Waals surface area contributed by atoms with Crippen molar-refractivity contribution < 1.29 is 9.53 Å². The van der Waals surface area contributed by atoms with Crippen LogP contribution in [0.4, 0.5) is 11.4 Å². The molecule has 0 saturated carbocycles. The van der Waals surface area contributed by atoms with Crippen LogP contribution in [0.5, 0.6) is 5.75 Å². The molecule has 0 bridgehead atoms. The first-order valence-corrected chi connectivity index (χ1v) is 9.60. The highest BCUT2D eigenvalue weighted by Gasteiger charge is 2.09. The van der Waals surface area contributed by atoms with Crippen LogP contribution < -0.4 is 14.9 Å². The van der Waals surface area contributed by atoms with E-state index in [0.29, 0.717) is 0 Å². The lowest BCUT2D eigenvalue weighted by molar-refractivity contribution is -0.115. The Labute approximate surface area is 164 Å². The maximum absolute atomic E-state index is 12.3. The van der Waals surface area contributed by atoms with Gasteiger partial charge in [-0.15, -0.1) is 11.3 Å². The molecule has 0 aliphatic carbocycles. The fourth-order valence-corrected chi connectivity index (χ4v) is 3.67. The van der Waals surface area contributed by atoms with E-state index in [1.807, 2.05) is 65.5 Å². The molecule has 0 fully saturated rings. The Kier molecular flexibility index (Phi) is 5.90. The van der Waals surface area contributed by atoms with Crippen molar-refractivity contribution in [2.24, 2.45) is 12.0 Å². The minimum absolute atomic E-state index is 0.0717. The Balaban J connectivity index is 1.72. The van der Waals surface area contributed by atoms with Gasteiger partial charge in [-0.1, -0.05) is 22.0 Å². The zero-order chi connectivity index (χ0) is 18.5. The molecule has 0 atom stereocenters. The van der Waals surface area contributed by atoms with Gasteiger partial charge < -0.3 is 14.6 Å². The number of rotatable bonds is 5. The Morgan fingerprint density at radius 3 is 2.73 bits per heavy atom. The van der Waals surface area contributed by atoms with E-state index in [4.69, 9.17) is 4.74 Å². The number of benzene rings is 2. The molecule has 1 heterocycles. The lowest BCUT2D eigenvalue weighted by Gasteiger charge is -2.07. The van der Waals surface area contributed by atoms with E-state index in [1.54, 1.807) is 7.11 Å². The number of ether oxygens (including phenoxy) is 1. The van der Waals surface area contributed by atoms with Crippen molar-refractivity contribution in [3.63, 3.8) is 0 Å². The van der Waals surface area contributed by atoms with Crippen molar-refractivity contribution in [1.82, 2.24) is 4.57 Å². The fourth-order valence-electron chi connectivity index (χ4n) is 2.36. The molecule has 1 amide bonds. The maximum Gasteiger partial charge on any atom is 0.230 e. The lowest BCUT2D eigenvalue weighted by atomic mass is 10.2. The molecular weight excluding hydrogens is 414 g/mol. The minimum atomic E-state index is -0.0717. The molecule has 2 aromatic carbocycles. The second kappa shape index (κ2) is 8.33. The lowest BCUT2D eigenvalue weighted by Crippen LogP contribution is -2.19. The number of carbonyl (C=O) groups is 1. The van der Waals surface area contributed by atoms with Gasteiger partial charge in [-0.2, -0.15) is 0 Å². The van der Waals surface area contributed by atoms with Crippen LogP contribution in [0.3, 0.4) is 0 Å². The highest BCUT2D eigenvalue weighted by Crippen LogP contribution is 2.18. The van der Waals surface area contributed by atoms with Crippen molar-refractivity contribution in [3.05, 3.63) is 68.9 Å². The molecule has 0 unspecified atom stereocenters. The summed E-state index contributed by atoms with van der Waals surface area (Å²) in [6.07, 6.45) is 0.285. The number of thiazole rings is 1. The summed E-state index contributed by atoms with van der Waals surface area (Å²) in [4.78, 5) is 17.8. The van der Waals surface area contributed by atoms with Crippen molar-refractivity contribution in [3.8, 4) is 5.75 Å². The van der Waals surface area contributed by atoms with Crippen LogP contribution in [0.15, 0.2) is 63.4 Å². The third-order valence-corrected chi connectivity index (χ3v) is 5.23. The van der Waals surface area contributed by atoms with E-state index >= 15 is 0 Å². The third-order valence-electron chi connectivity index (χ3n) is 3.77. The number of nitrogens with zero attached hydrogens (tertiary/aromatic N) is 2. The number of methoxy groups -OCH3 is 1. The summed E-state index contributed by atoms with van der Waals surface area (Å²) in [5.41, 5.74) is 2.52. The van der Waals surface area contributed by atoms with Gasteiger partial charge in [0.25, 0.3) is 0 Å². The number of hydrogen-bond acceptors (Lipinski definition) is 4. The molecular formula is C19H18BrN3O2S. The van der Waals surface area contributed by atoms with Crippen molar-refractivity contribution in [1.29, 1.82) is 0 Å². The van der Waals surface area contributed by atoms with Crippen LogP contribution in [0.25, 0.3) is 0 Å². The fraction of sp³-hybridized carbons (Fsp3) is 0.158. The van der Waals surface area contributed by atoms with Gasteiger partial charge in [0.15, 0.2) is 4.80 Å². The van der Waals surface area contributed by atoms with Gasteiger partial charge in [0.1, 0.15) is 5.75 Å². The summed E-state index contributed by atoms with van der Waals surface area (Å²) < 4.78 is 8.04. The maximum atomic E-state index is 12.3. The molecule has 26 heavy (non-hydrogen) atoms. The molecule has 0 aliphatic rings. The molecule has 0 aliphatic heterocycles. The smallest absolute Gasteiger partial charge is 0.230 e. The third kappa shape index (κ3) is 4.62. The zero-order valence-electron chi connectivity index (χ0n) is 14.4. The summed E-state index contributed by atoms with van der Waals surface area (Å²) in [5, 5.41) is 4.86. The van der Waals surface area contributed by atoms with E-state index in [1.165, 1.54) is 11.3 Å². The normalized spacial score (nSPS) is 11.4. The molecule has 1 aromatic heterocycles. The molecule has 7 heteroatoms. The second-order valence-electron chi connectivity index (χ2n) is 5.61. The largest absolute Gasteiger partial charge is 0.497 e. The topological polar surface area (TPSA) is 55.6 Å². The van der Waals surface area contributed by atoms with Crippen molar-refractivity contribution in [2.75, 3.05) is 12.4 Å². The molecule has 3 rings (SSSR count). The van der Waals surface area contributed by atoms with E-state index in [9.17, 15) is 4.79 Å². The summed E-state index contributed by atoms with van der Waals surface area (Å²) >= 11 is 4.96. The first kappa shape index (κ1) is 18.4. The van der Waals surface area contributed by atoms with Crippen molar-refractivity contribution in [2.45, 2.75) is 6.42 Å².